The normalized spacial score (nSPS) is 11.2. The molecule has 1 aromatic rings. The zero-order valence-electron chi connectivity index (χ0n) is 7.14. The van der Waals surface area contributed by atoms with Crippen molar-refractivity contribution in [2.75, 3.05) is 6.26 Å². The van der Waals surface area contributed by atoms with E-state index in [-0.39, 0.29) is 5.69 Å². The van der Waals surface area contributed by atoms with Crippen LogP contribution in [0.4, 0.5) is 8.78 Å². The number of thioether (sulfide) groups is 1. The van der Waals surface area contributed by atoms with Crippen LogP contribution in [0.3, 0.4) is 0 Å². The van der Waals surface area contributed by atoms with Crippen LogP contribution in [0.5, 0.6) is 0 Å². The Hall–Kier alpha value is -0.580. The second-order valence-corrected chi connectivity index (χ2v) is 3.24. The molecule has 0 aliphatic carbocycles. The first-order valence-corrected chi connectivity index (χ1v) is 4.66. The molecule has 0 aliphatic rings. The van der Waals surface area contributed by atoms with Crippen LogP contribution in [0.2, 0.25) is 0 Å². The number of rotatable bonds is 2. The summed E-state index contributed by atoms with van der Waals surface area (Å²) in [7, 11) is 1.67. The molecular weight excluding hydrogens is 182 g/mol. The fourth-order valence-electron chi connectivity index (χ4n) is 1.13. The van der Waals surface area contributed by atoms with E-state index >= 15 is 0 Å². The van der Waals surface area contributed by atoms with Gasteiger partial charge in [0, 0.05) is 12.6 Å². The fourth-order valence-corrected chi connectivity index (χ4v) is 1.84. The largest absolute Gasteiger partial charge is 0.282 e. The van der Waals surface area contributed by atoms with E-state index in [1.54, 1.807) is 14.0 Å². The number of aromatic nitrogens is 2. The molecular formula is C7H10F2N2S. The molecule has 2 nitrogen and oxygen atoms in total. The van der Waals surface area contributed by atoms with Crippen molar-refractivity contribution in [3.8, 4) is 0 Å². The lowest BCUT2D eigenvalue weighted by Crippen LogP contribution is -1.93. The number of hydrogen-bond acceptors (Lipinski definition) is 2. The third-order valence-corrected chi connectivity index (χ3v) is 2.61. The average molecular weight is 192 g/mol. The second-order valence-electron chi connectivity index (χ2n) is 2.44. The summed E-state index contributed by atoms with van der Waals surface area (Å²) in [6.45, 7) is 1.67. The third kappa shape index (κ3) is 1.46. The first-order chi connectivity index (χ1) is 5.57. The maximum absolute atomic E-state index is 12.3. The molecule has 0 amide bonds. The number of hydrogen-bond donors (Lipinski definition) is 0. The lowest BCUT2D eigenvalue weighted by molar-refractivity contribution is 0.144. The highest BCUT2D eigenvalue weighted by Gasteiger charge is 2.18. The smallest absolute Gasteiger partial charge is 0.261 e. The van der Waals surface area contributed by atoms with Gasteiger partial charge in [-0.2, -0.15) is 5.10 Å². The average Bonchev–Trinajstić information content (AvgIpc) is 2.27. The highest BCUT2D eigenvalue weighted by Crippen LogP contribution is 2.28. The Bertz CT molecular complexity index is 283. The summed E-state index contributed by atoms with van der Waals surface area (Å²) >= 11 is 1.43. The van der Waals surface area contributed by atoms with Crippen LogP contribution in [0.1, 0.15) is 17.7 Å². The van der Waals surface area contributed by atoms with Gasteiger partial charge in [-0.1, -0.05) is 0 Å². The van der Waals surface area contributed by atoms with E-state index in [0.29, 0.717) is 5.56 Å². The fraction of sp³-hybridized carbons (Fsp3) is 0.571. The van der Waals surface area contributed by atoms with Crippen molar-refractivity contribution in [1.82, 2.24) is 9.78 Å². The molecule has 5 heteroatoms. The maximum Gasteiger partial charge on any atom is 0.282 e. The van der Waals surface area contributed by atoms with Crippen molar-refractivity contribution in [1.29, 1.82) is 0 Å². The summed E-state index contributed by atoms with van der Waals surface area (Å²) in [4.78, 5) is 0. The summed E-state index contributed by atoms with van der Waals surface area (Å²) in [5, 5.41) is 4.52. The SMILES string of the molecule is CSc1c(C)c(C(F)F)nn1C. The second kappa shape index (κ2) is 3.43. The van der Waals surface area contributed by atoms with E-state index in [1.807, 2.05) is 6.26 Å². The number of aryl methyl sites for hydroxylation is 1. The van der Waals surface area contributed by atoms with E-state index < -0.39 is 6.43 Å². The zero-order valence-corrected chi connectivity index (χ0v) is 7.95. The van der Waals surface area contributed by atoms with Crippen molar-refractivity contribution in [3.05, 3.63) is 11.3 Å². The van der Waals surface area contributed by atoms with E-state index in [0.717, 1.165) is 5.03 Å². The molecule has 0 atom stereocenters. The van der Waals surface area contributed by atoms with Crippen molar-refractivity contribution in [2.45, 2.75) is 18.4 Å². The Balaban J connectivity index is 3.17. The van der Waals surface area contributed by atoms with Crippen LogP contribution in [0.25, 0.3) is 0 Å². The Kier molecular flexibility index (Phi) is 2.72. The van der Waals surface area contributed by atoms with Gasteiger partial charge in [-0.15, -0.1) is 11.8 Å². The van der Waals surface area contributed by atoms with E-state index in [2.05, 4.69) is 5.10 Å². The third-order valence-electron chi connectivity index (χ3n) is 1.66. The molecule has 0 saturated carbocycles. The van der Waals surface area contributed by atoms with Crippen LogP contribution in [0.15, 0.2) is 5.03 Å². The Morgan fingerprint density at radius 3 is 2.33 bits per heavy atom. The zero-order chi connectivity index (χ0) is 9.30. The predicted molar refractivity (Wildman–Crippen MR) is 44.7 cm³/mol. The van der Waals surface area contributed by atoms with Gasteiger partial charge in [0.1, 0.15) is 5.69 Å². The van der Waals surface area contributed by atoms with Crippen molar-refractivity contribution in [2.24, 2.45) is 7.05 Å². The van der Waals surface area contributed by atoms with Gasteiger partial charge in [-0.05, 0) is 13.2 Å². The molecule has 0 aliphatic heterocycles. The Labute approximate surface area is 74.0 Å². The quantitative estimate of drug-likeness (QED) is 0.669. The Morgan fingerprint density at radius 1 is 1.50 bits per heavy atom. The topological polar surface area (TPSA) is 17.8 Å². The summed E-state index contributed by atoms with van der Waals surface area (Å²) in [5.41, 5.74) is 0.474. The van der Waals surface area contributed by atoms with Crippen molar-refractivity contribution in [3.63, 3.8) is 0 Å². The lowest BCUT2D eigenvalue weighted by atomic mass is 10.3. The monoisotopic (exact) mass is 192 g/mol. The molecule has 1 rings (SSSR count). The molecule has 1 aromatic heterocycles. The summed E-state index contributed by atoms with van der Waals surface area (Å²) in [5.74, 6) is 0. The molecule has 12 heavy (non-hydrogen) atoms. The minimum atomic E-state index is -2.47. The van der Waals surface area contributed by atoms with Gasteiger partial charge in [-0.3, -0.25) is 4.68 Å². The summed E-state index contributed by atoms with van der Waals surface area (Å²) < 4.78 is 26.0. The minimum Gasteiger partial charge on any atom is -0.261 e. The number of alkyl halides is 2. The van der Waals surface area contributed by atoms with Crippen LogP contribution >= 0.6 is 11.8 Å². The van der Waals surface area contributed by atoms with Gasteiger partial charge in [0.15, 0.2) is 0 Å². The molecule has 1 heterocycles. The van der Waals surface area contributed by atoms with Crippen molar-refractivity contribution >= 4 is 11.8 Å². The molecule has 0 fully saturated rings. The van der Waals surface area contributed by atoms with Crippen LogP contribution < -0.4 is 0 Å². The highest BCUT2D eigenvalue weighted by atomic mass is 32.2. The van der Waals surface area contributed by atoms with Gasteiger partial charge in [0.25, 0.3) is 6.43 Å². The standard InChI is InChI=1S/C7H10F2N2S/c1-4-5(6(8)9)10-11(2)7(4)12-3/h6H,1-3H3. The van der Waals surface area contributed by atoms with Gasteiger partial charge in [0.2, 0.25) is 0 Å². The summed E-state index contributed by atoms with van der Waals surface area (Å²) in [6, 6.07) is 0. The highest BCUT2D eigenvalue weighted by molar-refractivity contribution is 7.98. The molecule has 0 N–H and O–H groups in total. The van der Waals surface area contributed by atoms with Gasteiger partial charge >= 0.3 is 0 Å². The molecule has 0 radical (unpaired) electrons. The molecule has 0 aromatic carbocycles. The molecule has 0 unspecified atom stereocenters. The van der Waals surface area contributed by atoms with Gasteiger partial charge in [-0.25, -0.2) is 8.78 Å². The first-order valence-electron chi connectivity index (χ1n) is 3.43. The van der Waals surface area contributed by atoms with E-state index in [9.17, 15) is 8.78 Å². The van der Waals surface area contributed by atoms with E-state index in [1.165, 1.54) is 16.4 Å². The van der Waals surface area contributed by atoms with E-state index in [4.69, 9.17) is 0 Å². The Morgan fingerprint density at radius 2 is 2.08 bits per heavy atom. The van der Waals surface area contributed by atoms with Gasteiger partial charge in [0.05, 0.1) is 5.03 Å². The lowest BCUT2D eigenvalue weighted by Gasteiger charge is -1.96. The number of nitrogens with zero attached hydrogens (tertiary/aromatic N) is 2. The number of halogens is 2. The van der Waals surface area contributed by atoms with Crippen LogP contribution in [-0.4, -0.2) is 16.0 Å². The minimum absolute atomic E-state index is 0.109. The molecule has 68 valence electrons. The van der Waals surface area contributed by atoms with Crippen LogP contribution in [-0.2, 0) is 7.05 Å². The predicted octanol–water partition coefficient (Wildman–Crippen LogP) is 2.39. The molecule has 0 bridgehead atoms. The molecule has 0 saturated heterocycles. The first kappa shape index (κ1) is 9.51. The van der Waals surface area contributed by atoms with Crippen molar-refractivity contribution < 1.29 is 8.78 Å². The van der Waals surface area contributed by atoms with Crippen LogP contribution in [0, 0.1) is 6.92 Å². The summed E-state index contributed by atoms with van der Waals surface area (Å²) in [6.07, 6.45) is -0.628. The molecule has 0 spiro atoms. The van der Waals surface area contributed by atoms with Gasteiger partial charge < -0.3 is 0 Å². The maximum atomic E-state index is 12.3.